The van der Waals surface area contributed by atoms with Crippen molar-refractivity contribution >= 4 is 17.3 Å². The van der Waals surface area contributed by atoms with Gasteiger partial charge in [0, 0.05) is 19.2 Å². The number of nitrogen functional groups attached to an aromatic ring is 1. The molecule has 1 aromatic rings. The molecule has 0 bridgehead atoms. The highest BCUT2D eigenvalue weighted by Gasteiger charge is 2.26. The highest BCUT2D eigenvalue weighted by atomic mass is 19.1. The molecular weight excluding hydrogens is 269 g/mol. The molecule has 0 aliphatic rings. The summed E-state index contributed by atoms with van der Waals surface area (Å²) in [6.07, 6.45) is 0.599. The number of hydrogen-bond acceptors (Lipinski definition) is 5. The SMILES string of the molecule is CCCN(CCO)C(=O)c1c(F)ccc([N+](=O)[O-])c1N. The standard InChI is InChI=1S/C12H16FN3O4/c1-2-5-15(6-7-17)12(18)10-8(13)3-4-9(11(10)14)16(19)20/h3-4,17H,2,5-7,14H2,1H3. The Hall–Kier alpha value is -2.22. The third-order valence-corrected chi connectivity index (χ3v) is 2.73. The van der Waals surface area contributed by atoms with Crippen molar-refractivity contribution in [2.24, 2.45) is 0 Å². The van der Waals surface area contributed by atoms with E-state index in [0.29, 0.717) is 13.0 Å². The van der Waals surface area contributed by atoms with Crippen LogP contribution in [0.3, 0.4) is 0 Å². The summed E-state index contributed by atoms with van der Waals surface area (Å²) in [4.78, 5) is 23.4. The van der Waals surface area contributed by atoms with E-state index in [0.717, 1.165) is 12.1 Å². The smallest absolute Gasteiger partial charge is 0.293 e. The van der Waals surface area contributed by atoms with E-state index < -0.39 is 33.6 Å². The molecule has 1 amide bonds. The van der Waals surface area contributed by atoms with Gasteiger partial charge in [-0.3, -0.25) is 14.9 Å². The minimum absolute atomic E-state index is 0.00818. The van der Waals surface area contributed by atoms with Crippen molar-refractivity contribution in [2.75, 3.05) is 25.4 Å². The first kappa shape index (κ1) is 15.8. The zero-order valence-electron chi connectivity index (χ0n) is 11.0. The van der Waals surface area contributed by atoms with Gasteiger partial charge in [-0.15, -0.1) is 0 Å². The molecule has 110 valence electrons. The molecule has 0 radical (unpaired) electrons. The maximum absolute atomic E-state index is 13.8. The molecule has 0 saturated heterocycles. The second-order valence-electron chi connectivity index (χ2n) is 4.13. The summed E-state index contributed by atoms with van der Waals surface area (Å²) >= 11 is 0. The Balaban J connectivity index is 3.26. The van der Waals surface area contributed by atoms with Crippen LogP contribution < -0.4 is 5.73 Å². The molecule has 0 unspecified atom stereocenters. The maximum atomic E-state index is 13.8. The molecular formula is C12H16FN3O4. The van der Waals surface area contributed by atoms with Gasteiger partial charge in [-0.1, -0.05) is 6.92 Å². The van der Waals surface area contributed by atoms with Crippen LogP contribution in [0, 0.1) is 15.9 Å². The molecule has 3 N–H and O–H groups in total. The Kier molecular flexibility index (Phi) is 5.39. The molecule has 0 aliphatic heterocycles. The summed E-state index contributed by atoms with van der Waals surface area (Å²) in [7, 11) is 0. The molecule has 0 heterocycles. The van der Waals surface area contributed by atoms with Crippen molar-refractivity contribution in [1.29, 1.82) is 0 Å². The predicted octanol–water partition coefficient (Wildman–Crippen LogP) is 1.16. The lowest BCUT2D eigenvalue weighted by Gasteiger charge is -2.22. The van der Waals surface area contributed by atoms with Crippen molar-refractivity contribution in [3.05, 3.63) is 33.6 Å². The average Bonchev–Trinajstić information content (AvgIpc) is 2.37. The summed E-state index contributed by atoms with van der Waals surface area (Å²) in [6, 6.07) is 1.75. The van der Waals surface area contributed by atoms with Crippen LogP contribution in [0.2, 0.25) is 0 Å². The highest BCUT2D eigenvalue weighted by Crippen LogP contribution is 2.28. The summed E-state index contributed by atoms with van der Waals surface area (Å²) in [5.74, 6) is -1.68. The highest BCUT2D eigenvalue weighted by molar-refractivity contribution is 6.01. The van der Waals surface area contributed by atoms with Crippen LogP contribution in [0.1, 0.15) is 23.7 Å². The van der Waals surface area contributed by atoms with Crippen molar-refractivity contribution in [3.8, 4) is 0 Å². The normalized spacial score (nSPS) is 10.3. The monoisotopic (exact) mass is 285 g/mol. The van der Waals surface area contributed by atoms with Crippen LogP contribution in [-0.4, -0.2) is 40.5 Å². The predicted molar refractivity (Wildman–Crippen MR) is 70.7 cm³/mol. The number of nitrogens with zero attached hydrogens (tertiary/aromatic N) is 2. The van der Waals surface area contributed by atoms with Crippen LogP contribution >= 0.6 is 0 Å². The van der Waals surface area contributed by atoms with E-state index in [4.69, 9.17) is 10.8 Å². The van der Waals surface area contributed by atoms with E-state index in [1.165, 1.54) is 4.90 Å². The number of halogens is 1. The van der Waals surface area contributed by atoms with E-state index in [2.05, 4.69) is 0 Å². The fourth-order valence-corrected chi connectivity index (χ4v) is 1.82. The van der Waals surface area contributed by atoms with E-state index in [9.17, 15) is 19.3 Å². The topological polar surface area (TPSA) is 110 Å². The molecule has 0 saturated carbocycles. The molecule has 0 spiro atoms. The lowest BCUT2D eigenvalue weighted by Crippen LogP contribution is -2.35. The minimum Gasteiger partial charge on any atom is -0.395 e. The number of aliphatic hydroxyl groups excluding tert-OH is 1. The number of amides is 1. The van der Waals surface area contributed by atoms with Gasteiger partial charge in [0.2, 0.25) is 0 Å². The lowest BCUT2D eigenvalue weighted by atomic mass is 10.1. The van der Waals surface area contributed by atoms with Crippen LogP contribution in [0.15, 0.2) is 12.1 Å². The largest absolute Gasteiger partial charge is 0.395 e. The Morgan fingerprint density at radius 2 is 2.15 bits per heavy atom. The van der Waals surface area contributed by atoms with Crippen LogP contribution in [-0.2, 0) is 0 Å². The lowest BCUT2D eigenvalue weighted by molar-refractivity contribution is -0.384. The van der Waals surface area contributed by atoms with Crippen molar-refractivity contribution in [1.82, 2.24) is 4.90 Å². The number of benzene rings is 1. The Labute approximate surface area is 114 Å². The van der Waals surface area contributed by atoms with Gasteiger partial charge in [-0.25, -0.2) is 4.39 Å². The Morgan fingerprint density at radius 3 is 2.65 bits per heavy atom. The van der Waals surface area contributed by atoms with E-state index in [1.54, 1.807) is 0 Å². The Bertz CT molecular complexity index is 516. The zero-order valence-corrected chi connectivity index (χ0v) is 11.0. The van der Waals surface area contributed by atoms with Crippen LogP contribution in [0.5, 0.6) is 0 Å². The second-order valence-corrected chi connectivity index (χ2v) is 4.13. The third-order valence-electron chi connectivity index (χ3n) is 2.73. The van der Waals surface area contributed by atoms with E-state index >= 15 is 0 Å². The van der Waals surface area contributed by atoms with Gasteiger partial charge in [0.15, 0.2) is 0 Å². The summed E-state index contributed by atoms with van der Waals surface area (Å²) < 4.78 is 13.8. The number of nitro groups is 1. The third kappa shape index (κ3) is 3.21. The first-order valence-electron chi connectivity index (χ1n) is 6.06. The number of anilines is 1. The van der Waals surface area contributed by atoms with Gasteiger partial charge in [-0.05, 0) is 12.5 Å². The number of nitro benzene ring substituents is 1. The summed E-state index contributed by atoms with van der Waals surface area (Å²) in [5.41, 5.74) is 3.98. The molecule has 1 aromatic carbocycles. The first-order chi connectivity index (χ1) is 9.43. The average molecular weight is 285 g/mol. The molecule has 20 heavy (non-hydrogen) atoms. The molecule has 0 aliphatic carbocycles. The van der Waals surface area contributed by atoms with Gasteiger partial charge in [0.05, 0.1) is 11.5 Å². The Morgan fingerprint density at radius 1 is 1.50 bits per heavy atom. The summed E-state index contributed by atoms with van der Waals surface area (Å²) in [5, 5.41) is 19.7. The number of nitrogens with two attached hydrogens (primary N) is 1. The van der Waals surface area contributed by atoms with Crippen molar-refractivity contribution < 1.29 is 19.2 Å². The van der Waals surface area contributed by atoms with Crippen LogP contribution in [0.25, 0.3) is 0 Å². The van der Waals surface area contributed by atoms with E-state index in [-0.39, 0.29) is 13.2 Å². The molecule has 0 fully saturated rings. The van der Waals surface area contributed by atoms with Gasteiger partial charge in [0.1, 0.15) is 17.1 Å². The number of carbonyl (C=O) groups is 1. The van der Waals surface area contributed by atoms with Gasteiger partial charge < -0.3 is 15.7 Å². The van der Waals surface area contributed by atoms with E-state index in [1.807, 2.05) is 6.92 Å². The molecule has 0 atom stereocenters. The molecule has 1 rings (SSSR count). The molecule has 8 heteroatoms. The number of hydrogen-bond donors (Lipinski definition) is 2. The van der Waals surface area contributed by atoms with Gasteiger partial charge >= 0.3 is 0 Å². The first-order valence-corrected chi connectivity index (χ1v) is 6.06. The van der Waals surface area contributed by atoms with Crippen LogP contribution in [0.4, 0.5) is 15.8 Å². The number of aliphatic hydroxyl groups is 1. The molecule has 0 aromatic heterocycles. The number of rotatable bonds is 6. The molecule has 7 nitrogen and oxygen atoms in total. The maximum Gasteiger partial charge on any atom is 0.293 e. The van der Waals surface area contributed by atoms with Gasteiger partial charge in [-0.2, -0.15) is 0 Å². The number of carbonyl (C=O) groups excluding carboxylic acids is 1. The fraction of sp³-hybridized carbons (Fsp3) is 0.417. The zero-order chi connectivity index (χ0) is 15.3. The van der Waals surface area contributed by atoms with Crippen molar-refractivity contribution in [2.45, 2.75) is 13.3 Å². The summed E-state index contributed by atoms with van der Waals surface area (Å²) in [6.45, 7) is 1.82. The second kappa shape index (κ2) is 6.80. The minimum atomic E-state index is -0.919. The quantitative estimate of drug-likeness (QED) is 0.463. The van der Waals surface area contributed by atoms with Gasteiger partial charge in [0.25, 0.3) is 11.6 Å². The fourth-order valence-electron chi connectivity index (χ4n) is 1.82. The van der Waals surface area contributed by atoms with Crippen molar-refractivity contribution in [3.63, 3.8) is 0 Å².